The van der Waals surface area contributed by atoms with Crippen LogP contribution in [0.15, 0.2) is 23.1 Å². The van der Waals surface area contributed by atoms with Gasteiger partial charge in [-0.2, -0.15) is 0 Å². The van der Waals surface area contributed by atoms with Crippen molar-refractivity contribution in [2.24, 2.45) is 5.92 Å². The highest BCUT2D eigenvalue weighted by Gasteiger charge is 2.27. The second-order valence-corrected chi connectivity index (χ2v) is 7.01. The summed E-state index contributed by atoms with van der Waals surface area (Å²) in [5.41, 5.74) is 0.0802. The van der Waals surface area contributed by atoms with E-state index in [2.05, 4.69) is 18.7 Å². The van der Waals surface area contributed by atoms with Crippen LogP contribution in [-0.4, -0.2) is 59.6 Å². The molecule has 0 saturated carbocycles. The third-order valence-corrected chi connectivity index (χ3v) is 4.64. The fraction of sp³-hybridized carbons (Fsp3) is 0.562. The van der Waals surface area contributed by atoms with Crippen LogP contribution in [0.4, 0.5) is 5.69 Å². The quantitative estimate of drug-likeness (QED) is 0.469. The van der Waals surface area contributed by atoms with Crippen LogP contribution in [0.3, 0.4) is 0 Å². The molecule has 126 valence electrons. The molecule has 0 bridgehead atoms. The van der Waals surface area contributed by atoms with E-state index in [0.717, 1.165) is 24.5 Å². The van der Waals surface area contributed by atoms with Crippen LogP contribution >= 0.6 is 11.8 Å². The number of carbonyl (C=O) groups is 1. The molecule has 1 aromatic carbocycles. The van der Waals surface area contributed by atoms with E-state index in [9.17, 15) is 14.9 Å². The molecule has 1 aliphatic rings. The fourth-order valence-corrected chi connectivity index (χ4v) is 3.23. The van der Waals surface area contributed by atoms with Gasteiger partial charge in [-0.05, 0) is 24.3 Å². The first kappa shape index (κ1) is 17.7. The van der Waals surface area contributed by atoms with Crippen molar-refractivity contribution >= 4 is 23.4 Å². The zero-order valence-corrected chi connectivity index (χ0v) is 14.6. The van der Waals surface area contributed by atoms with Crippen molar-refractivity contribution in [3.8, 4) is 0 Å². The zero-order chi connectivity index (χ0) is 17.0. The number of rotatable bonds is 5. The smallest absolute Gasteiger partial charge is 0.282 e. The van der Waals surface area contributed by atoms with E-state index in [1.807, 2.05) is 6.26 Å². The van der Waals surface area contributed by atoms with Crippen molar-refractivity contribution in [2.45, 2.75) is 18.7 Å². The van der Waals surface area contributed by atoms with E-state index in [-0.39, 0.29) is 17.2 Å². The monoisotopic (exact) mass is 337 g/mol. The Hall–Kier alpha value is -1.60. The maximum Gasteiger partial charge on any atom is 0.282 e. The summed E-state index contributed by atoms with van der Waals surface area (Å²) in [4.78, 5) is 28.4. The molecule has 0 aromatic heterocycles. The highest BCUT2D eigenvalue weighted by atomic mass is 32.2. The van der Waals surface area contributed by atoms with Crippen LogP contribution in [-0.2, 0) is 0 Å². The van der Waals surface area contributed by atoms with Crippen molar-refractivity contribution in [1.82, 2.24) is 9.80 Å². The molecule has 1 fully saturated rings. The maximum absolute atomic E-state index is 12.7. The summed E-state index contributed by atoms with van der Waals surface area (Å²) in [5, 5.41) is 11.2. The highest BCUT2D eigenvalue weighted by Crippen LogP contribution is 2.26. The zero-order valence-electron chi connectivity index (χ0n) is 13.8. The molecule has 1 aromatic rings. The Bertz CT molecular complexity index is 584. The van der Waals surface area contributed by atoms with Crippen LogP contribution in [0.5, 0.6) is 0 Å². The third kappa shape index (κ3) is 4.45. The minimum absolute atomic E-state index is 0.114. The van der Waals surface area contributed by atoms with Gasteiger partial charge in [-0.3, -0.25) is 19.8 Å². The first-order chi connectivity index (χ1) is 10.9. The molecule has 1 aliphatic heterocycles. The predicted octanol–water partition coefficient (Wildman–Crippen LogP) is 2.73. The molecule has 0 unspecified atom stereocenters. The normalized spacial score (nSPS) is 15.9. The summed E-state index contributed by atoms with van der Waals surface area (Å²) >= 11 is 1.47. The summed E-state index contributed by atoms with van der Waals surface area (Å²) in [5.74, 6) is 0.355. The summed E-state index contributed by atoms with van der Waals surface area (Å²) in [7, 11) is 0. The predicted molar refractivity (Wildman–Crippen MR) is 92.1 cm³/mol. The van der Waals surface area contributed by atoms with Crippen molar-refractivity contribution in [3.63, 3.8) is 0 Å². The van der Waals surface area contributed by atoms with Gasteiger partial charge in [0.2, 0.25) is 0 Å². The van der Waals surface area contributed by atoms with Gasteiger partial charge in [0.15, 0.2) is 0 Å². The number of piperazine rings is 1. The molecule has 1 saturated heterocycles. The van der Waals surface area contributed by atoms with Gasteiger partial charge in [0.25, 0.3) is 11.6 Å². The highest BCUT2D eigenvalue weighted by molar-refractivity contribution is 7.98. The Morgan fingerprint density at radius 2 is 1.96 bits per heavy atom. The van der Waals surface area contributed by atoms with Crippen molar-refractivity contribution < 1.29 is 9.72 Å². The van der Waals surface area contributed by atoms with Crippen LogP contribution in [0.2, 0.25) is 0 Å². The minimum atomic E-state index is -0.480. The van der Waals surface area contributed by atoms with E-state index in [1.165, 1.54) is 17.8 Å². The summed E-state index contributed by atoms with van der Waals surface area (Å²) in [6, 6.07) is 4.74. The molecule has 2 rings (SSSR count). The summed E-state index contributed by atoms with van der Waals surface area (Å²) in [6.45, 7) is 8.24. The van der Waals surface area contributed by atoms with Crippen LogP contribution in [0, 0.1) is 16.0 Å². The molecule has 1 heterocycles. The Morgan fingerprint density at radius 3 is 2.48 bits per heavy atom. The lowest BCUT2D eigenvalue weighted by Gasteiger charge is -2.35. The Labute approximate surface area is 141 Å². The molecule has 7 heteroatoms. The summed E-state index contributed by atoms with van der Waals surface area (Å²) < 4.78 is 0. The molecule has 0 aliphatic carbocycles. The molecule has 0 spiro atoms. The third-order valence-electron chi connectivity index (χ3n) is 3.91. The van der Waals surface area contributed by atoms with Gasteiger partial charge in [0.1, 0.15) is 5.56 Å². The van der Waals surface area contributed by atoms with Gasteiger partial charge in [0, 0.05) is 43.7 Å². The number of hydrogen-bond acceptors (Lipinski definition) is 5. The average Bonchev–Trinajstić information content (AvgIpc) is 2.53. The molecule has 0 N–H and O–H groups in total. The average molecular weight is 337 g/mol. The molecular weight excluding hydrogens is 314 g/mol. The molecule has 1 amide bonds. The largest absolute Gasteiger partial charge is 0.336 e. The first-order valence-electron chi connectivity index (χ1n) is 7.76. The number of thioether (sulfide) groups is 1. The van der Waals surface area contributed by atoms with Gasteiger partial charge in [-0.25, -0.2) is 0 Å². The first-order valence-corrected chi connectivity index (χ1v) is 8.99. The maximum atomic E-state index is 12.7. The van der Waals surface area contributed by atoms with E-state index < -0.39 is 4.92 Å². The van der Waals surface area contributed by atoms with Gasteiger partial charge in [-0.15, -0.1) is 11.8 Å². The van der Waals surface area contributed by atoms with Crippen LogP contribution < -0.4 is 0 Å². The van der Waals surface area contributed by atoms with Gasteiger partial charge in [-0.1, -0.05) is 13.8 Å². The molecule has 0 atom stereocenters. The Morgan fingerprint density at radius 1 is 1.30 bits per heavy atom. The summed E-state index contributed by atoms with van der Waals surface area (Å²) in [6.07, 6.45) is 1.89. The number of nitro benzene ring substituents is 1. The fourth-order valence-electron chi connectivity index (χ4n) is 2.79. The number of carbonyl (C=O) groups excluding carboxylic acids is 1. The van der Waals surface area contributed by atoms with E-state index in [0.29, 0.717) is 19.0 Å². The van der Waals surface area contributed by atoms with Crippen LogP contribution in [0.1, 0.15) is 24.2 Å². The van der Waals surface area contributed by atoms with Gasteiger partial charge >= 0.3 is 0 Å². The van der Waals surface area contributed by atoms with Gasteiger partial charge in [0.05, 0.1) is 4.92 Å². The van der Waals surface area contributed by atoms with E-state index >= 15 is 0 Å². The lowest BCUT2D eigenvalue weighted by molar-refractivity contribution is -0.385. The van der Waals surface area contributed by atoms with Gasteiger partial charge < -0.3 is 4.90 Å². The molecule has 0 radical (unpaired) electrons. The topological polar surface area (TPSA) is 66.7 Å². The van der Waals surface area contributed by atoms with Crippen molar-refractivity contribution in [1.29, 1.82) is 0 Å². The molecule has 6 nitrogen and oxygen atoms in total. The Kier molecular flexibility index (Phi) is 6.01. The number of amides is 1. The molecular formula is C16H23N3O3S. The van der Waals surface area contributed by atoms with Crippen molar-refractivity contribution in [2.75, 3.05) is 39.0 Å². The van der Waals surface area contributed by atoms with E-state index in [1.54, 1.807) is 17.0 Å². The van der Waals surface area contributed by atoms with Crippen molar-refractivity contribution in [3.05, 3.63) is 33.9 Å². The second kappa shape index (κ2) is 7.79. The number of nitro groups is 1. The standard InChI is InChI=1S/C16H23N3O3S/c1-12(2)11-17-6-8-18(9-7-17)16(20)14-10-13(23-3)4-5-15(14)19(21)22/h4-5,10,12H,6-9,11H2,1-3H3. The minimum Gasteiger partial charge on any atom is -0.336 e. The lowest BCUT2D eigenvalue weighted by atomic mass is 10.1. The number of hydrogen-bond donors (Lipinski definition) is 0. The SMILES string of the molecule is CSc1ccc([N+](=O)[O-])c(C(=O)N2CCN(CC(C)C)CC2)c1. The molecule has 23 heavy (non-hydrogen) atoms. The number of nitrogens with zero attached hydrogens (tertiary/aromatic N) is 3. The van der Waals surface area contributed by atoms with E-state index in [4.69, 9.17) is 0 Å². The number of benzene rings is 1. The van der Waals surface area contributed by atoms with Crippen LogP contribution in [0.25, 0.3) is 0 Å². The lowest BCUT2D eigenvalue weighted by Crippen LogP contribution is -2.49. The second-order valence-electron chi connectivity index (χ2n) is 6.13. The Balaban J connectivity index is 2.13.